The van der Waals surface area contributed by atoms with Gasteiger partial charge in [0.05, 0.1) is 12.2 Å². The maximum atomic E-state index is 13.4. The van der Waals surface area contributed by atoms with E-state index in [1.165, 1.54) is 12.3 Å². The van der Waals surface area contributed by atoms with Crippen molar-refractivity contribution in [3.05, 3.63) is 61.6 Å². The van der Waals surface area contributed by atoms with E-state index in [9.17, 15) is 4.39 Å². The van der Waals surface area contributed by atoms with Crippen molar-refractivity contribution in [1.82, 2.24) is 10.3 Å². The molecule has 0 aliphatic carbocycles. The Hall–Kier alpha value is -0.530. The van der Waals surface area contributed by atoms with E-state index in [0.717, 1.165) is 25.7 Å². The van der Waals surface area contributed by atoms with Gasteiger partial charge in [0.25, 0.3) is 0 Å². The molecule has 100 valence electrons. The van der Waals surface area contributed by atoms with Crippen LogP contribution in [0.25, 0.3) is 0 Å². The minimum absolute atomic E-state index is 0.0720. The molecule has 0 amide bonds. The Balaban J connectivity index is 2.48. The highest BCUT2D eigenvalue weighted by molar-refractivity contribution is 14.1. The fourth-order valence-electron chi connectivity index (χ4n) is 1.93. The highest BCUT2D eigenvalue weighted by Gasteiger charge is 2.17. The van der Waals surface area contributed by atoms with Crippen molar-refractivity contribution in [3.63, 3.8) is 0 Å². The molecule has 0 radical (unpaired) electrons. The summed E-state index contributed by atoms with van der Waals surface area (Å²) in [6.07, 6.45) is 2.92. The molecule has 0 fully saturated rings. The fraction of sp³-hybridized carbons (Fsp3) is 0.214. The molecule has 0 spiro atoms. The predicted octanol–water partition coefficient (Wildman–Crippen LogP) is 4.29. The first kappa shape index (κ1) is 14.9. The van der Waals surface area contributed by atoms with Crippen LogP contribution in [-0.2, 0) is 0 Å². The number of nitrogens with zero attached hydrogens (tertiary/aromatic N) is 1. The number of rotatable bonds is 4. The largest absolute Gasteiger partial charge is 0.306 e. The van der Waals surface area contributed by atoms with Crippen molar-refractivity contribution in [1.29, 1.82) is 0 Å². The molecule has 1 unspecified atom stereocenters. The Kier molecular flexibility index (Phi) is 5.29. The van der Waals surface area contributed by atoms with Gasteiger partial charge in [0.15, 0.2) is 0 Å². The molecule has 1 aromatic heterocycles. The smallest absolute Gasteiger partial charge is 0.141 e. The highest BCUT2D eigenvalue weighted by atomic mass is 127. The first-order valence-electron chi connectivity index (χ1n) is 5.90. The molecule has 0 saturated heterocycles. The topological polar surface area (TPSA) is 24.9 Å². The average Bonchev–Trinajstić information content (AvgIpc) is 2.39. The molecule has 0 aliphatic heterocycles. The van der Waals surface area contributed by atoms with Crippen LogP contribution in [0.15, 0.2) is 41.1 Å². The summed E-state index contributed by atoms with van der Waals surface area (Å²) in [5.74, 6) is -0.317. The molecule has 2 nitrogen and oxygen atoms in total. The Morgan fingerprint density at radius 3 is 2.84 bits per heavy atom. The van der Waals surface area contributed by atoms with Gasteiger partial charge in [-0.2, -0.15) is 0 Å². The lowest BCUT2D eigenvalue weighted by molar-refractivity contribution is 0.595. The van der Waals surface area contributed by atoms with E-state index >= 15 is 0 Å². The minimum Gasteiger partial charge on any atom is -0.306 e. The van der Waals surface area contributed by atoms with E-state index in [4.69, 9.17) is 0 Å². The molecule has 2 aromatic rings. The molecule has 5 heteroatoms. The molecule has 1 heterocycles. The molecule has 1 N–H and O–H groups in total. The van der Waals surface area contributed by atoms with Gasteiger partial charge in [-0.25, -0.2) is 4.39 Å². The number of hydrogen-bond donors (Lipinski definition) is 1. The van der Waals surface area contributed by atoms with E-state index in [2.05, 4.69) is 54.9 Å². The molecule has 1 aromatic carbocycles. The number of aromatic nitrogens is 1. The standard InChI is InChI=1S/C14H13BrFIN2/c1-2-19-14(9-5-10(16)8-18-7-9)12-6-11(17)3-4-13(12)15/h3-8,14,19H,2H2,1H3. The van der Waals surface area contributed by atoms with Crippen LogP contribution in [-0.4, -0.2) is 11.5 Å². The van der Waals surface area contributed by atoms with Crippen LogP contribution in [0.3, 0.4) is 0 Å². The Morgan fingerprint density at radius 1 is 1.37 bits per heavy atom. The number of nitrogens with one attached hydrogen (secondary N) is 1. The molecule has 2 rings (SSSR count). The van der Waals surface area contributed by atoms with Crippen molar-refractivity contribution < 1.29 is 4.39 Å². The van der Waals surface area contributed by atoms with E-state index in [0.29, 0.717) is 0 Å². The lowest BCUT2D eigenvalue weighted by atomic mass is 10.00. The van der Waals surface area contributed by atoms with E-state index < -0.39 is 0 Å². The van der Waals surface area contributed by atoms with Gasteiger partial charge >= 0.3 is 0 Å². The number of halogens is 3. The van der Waals surface area contributed by atoms with Gasteiger partial charge in [0.1, 0.15) is 5.82 Å². The van der Waals surface area contributed by atoms with Crippen molar-refractivity contribution in [3.8, 4) is 0 Å². The van der Waals surface area contributed by atoms with Crippen LogP contribution in [0.1, 0.15) is 24.1 Å². The third kappa shape index (κ3) is 3.73. The summed E-state index contributed by atoms with van der Waals surface area (Å²) in [6.45, 7) is 2.82. The summed E-state index contributed by atoms with van der Waals surface area (Å²) in [4.78, 5) is 3.93. The maximum Gasteiger partial charge on any atom is 0.141 e. The van der Waals surface area contributed by atoms with Crippen molar-refractivity contribution in [2.45, 2.75) is 13.0 Å². The summed E-state index contributed by atoms with van der Waals surface area (Å²) in [5, 5.41) is 3.37. The van der Waals surface area contributed by atoms with Gasteiger partial charge < -0.3 is 5.32 Å². The summed E-state index contributed by atoms with van der Waals surface area (Å²) in [6, 6.07) is 7.57. The Labute approximate surface area is 134 Å². The SMILES string of the molecule is CCNC(c1cncc(F)c1)c1cc(I)ccc1Br. The van der Waals surface area contributed by atoms with Crippen molar-refractivity contribution in [2.24, 2.45) is 0 Å². The Morgan fingerprint density at radius 2 is 2.16 bits per heavy atom. The summed E-state index contributed by atoms with van der Waals surface area (Å²) in [5.41, 5.74) is 1.91. The van der Waals surface area contributed by atoms with Gasteiger partial charge in [-0.15, -0.1) is 0 Å². The van der Waals surface area contributed by atoms with Gasteiger partial charge in [0.2, 0.25) is 0 Å². The quantitative estimate of drug-likeness (QED) is 0.726. The lowest BCUT2D eigenvalue weighted by Gasteiger charge is -2.20. The fourth-order valence-corrected chi connectivity index (χ4v) is 2.92. The average molecular weight is 435 g/mol. The van der Waals surface area contributed by atoms with E-state index in [1.807, 2.05) is 19.1 Å². The van der Waals surface area contributed by atoms with Crippen molar-refractivity contribution >= 4 is 38.5 Å². The first-order valence-corrected chi connectivity index (χ1v) is 7.77. The molecule has 0 saturated carbocycles. The van der Waals surface area contributed by atoms with Crippen LogP contribution in [0.4, 0.5) is 4.39 Å². The Bertz CT molecular complexity index is 577. The third-order valence-corrected chi connectivity index (χ3v) is 4.13. The summed E-state index contributed by atoms with van der Waals surface area (Å²) in [7, 11) is 0. The van der Waals surface area contributed by atoms with Crippen molar-refractivity contribution in [2.75, 3.05) is 6.54 Å². The number of benzene rings is 1. The second-order valence-electron chi connectivity index (χ2n) is 4.09. The first-order chi connectivity index (χ1) is 9.11. The van der Waals surface area contributed by atoms with Gasteiger partial charge in [-0.05, 0) is 64.5 Å². The zero-order valence-corrected chi connectivity index (χ0v) is 14.1. The molecule has 19 heavy (non-hydrogen) atoms. The van der Waals surface area contributed by atoms with Crippen LogP contribution in [0.2, 0.25) is 0 Å². The zero-order valence-electron chi connectivity index (χ0n) is 10.3. The van der Waals surface area contributed by atoms with E-state index in [1.54, 1.807) is 6.20 Å². The maximum absolute atomic E-state index is 13.4. The molecule has 1 atom stereocenters. The number of pyridine rings is 1. The van der Waals surface area contributed by atoms with Gasteiger partial charge in [-0.3, -0.25) is 4.98 Å². The van der Waals surface area contributed by atoms with Crippen LogP contribution < -0.4 is 5.32 Å². The monoisotopic (exact) mass is 434 g/mol. The van der Waals surface area contributed by atoms with Crippen LogP contribution in [0, 0.1) is 9.39 Å². The van der Waals surface area contributed by atoms with Crippen LogP contribution >= 0.6 is 38.5 Å². The number of hydrogen-bond acceptors (Lipinski definition) is 2. The predicted molar refractivity (Wildman–Crippen MR) is 86.6 cm³/mol. The van der Waals surface area contributed by atoms with Gasteiger partial charge in [-0.1, -0.05) is 22.9 Å². The lowest BCUT2D eigenvalue weighted by Crippen LogP contribution is -2.22. The normalized spacial score (nSPS) is 12.4. The van der Waals surface area contributed by atoms with Crippen LogP contribution in [0.5, 0.6) is 0 Å². The summed E-state index contributed by atoms with van der Waals surface area (Å²) >= 11 is 5.83. The van der Waals surface area contributed by atoms with E-state index in [-0.39, 0.29) is 11.9 Å². The second-order valence-corrected chi connectivity index (χ2v) is 6.19. The molecule has 0 aliphatic rings. The summed E-state index contributed by atoms with van der Waals surface area (Å²) < 4.78 is 15.5. The minimum atomic E-state index is -0.317. The molecular weight excluding hydrogens is 422 g/mol. The third-order valence-electron chi connectivity index (χ3n) is 2.74. The van der Waals surface area contributed by atoms with Gasteiger partial charge in [0, 0.05) is 14.2 Å². The molecular formula is C14H13BrFIN2. The highest BCUT2D eigenvalue weighted by Crippen LogP contribution is 2.30. The second kappa shape index (κ2) is 6.76. The molecule has 0 bridgehead atoms. The zero-order chi connectivity index (χ0) is 13.8.